The van der Waals surface area contributed by atoms with Gasteiger partial charge >= 0.3 is 5.97 Å². The van der Waals surface area contributed by atoms with E-state index in [0.717, 1.165) is 31.2 Å². The summed E-state index contributed by atoms with van der Waals surface area (Å²) in [6.45, 7) is 1.85. The van der Waals surface area contributed by atoms with Crippen molar-refractivity contribution in [3.8, 4) is 17.2 Å². The Morgan fingerprint density at radius 2 is 1.74 bits per heavy atom. The normalized spacial score (nSPS) is 18.8. The van der Waals surface area contributed by atoms with Gasteiger partial charge in [0.15, 0.2) is 11.5 Å². The number of aromatic nitrogens is 3. The zero-order valence-corrected chi connectivity index (χ0v) is 18.3. The summed E-state index contributed by atoms with van der Waals surface area (Å²) >= 11 is 0. The standard InChI is InChI=1S/C22H28N4O5/c1-13-18(21(27)31-15-8-6-5-7-9-15)19(26-22(25-13)23-12-24-26)14-10-16(28-2)20(30-4)17(11-14)29-3/h10-12,15,19H,5-9H2,1-4H3,(H,23,24,25)/t19-/m1/s1. The monoisotopic (exact) mass is 428 g/mol. The van der Waals surface area contributed by atoms with Crippen LogP contribution in [0.1, 0.15) is 50.6 Å². The Morgan fingerprint density at radius 3 is 2.35 bits per heavy atom. The average Bonchev–Trinajstić information content (AvgIpc) is 3.25. The van der Waals surface area contributed by atoms with Crippen LogP contribution in [0.5, 0.6) is 17.2 Å². The summed E-state index contributed by atoms with van der Waals surface area (Å²) in [6, 6.07) is 3.09. The molecule has 0 unspecified atom stereocenters. The second kappa shape index (κ2) is 8.87. The molecule has 1 aliphatic carbocycles. The number of nitrogens with zero attached hydrogens (tertiary/aromatic N) is 3. The van der Waals surface area contributed by atoms with Gasteiger partial charge in [-0.2, -0.15) is 10.1 Å². The van der Waals surface area contributed by atoms with Gasteiger partial charge in [-0.3, -0.25) is 0 Å². The minimum Gasteiger partial charge on any atom is -0.493 e. The lowest BCUT2D eigenvalue weighted by atomic mass is 9.94. The number of ether oxygens (including phenoxy) is 4. The van der Waals surface area contributed by atoms with Gasteiger partial charge in [-0.15, -0.1) is 0 Å². The van der Waals surface area contributed by atoms with Gasteiger partial charge in [-0.1, -0.05) is 6.42 Å². The number of carbonyl (C=O) groups excluding carboxylic acids is 1. The van der Waals surface area contributed by atoms with Crippen LogP contribution in [0.2, 0.25) is 0 Å². The van der Waals surface area contributed by atoms with Crippen LogP contribution >= 0.6 is 0 Å². The number of hydrogen-bond acceptors (Lipinski definition) is 8. The Labute approximate surface area is 181 Å². The molecular weight excluding hydrogens is 400 g/mol. The molecule has 1 saturated carbocycles. The second-order valence-corrected chi connectivity index (χ2v) is 7.72. The van der Waals surface area contributed by atoms with Crippen LogP contribution in [0.3, 0.4) is 0 Å². The van der Waals surface area contributed by atoms with E-state index in [4.69, 9.17) is 18.9 Å². The Balaban J connectivity index is 1.78. The predicted octanol–water partition coefficient (Wildman–Crippen LogP) is 3.47. The molecule has 1 N–H and O–H groups in total. The maximum absolute atomic E-state index is 13.4. The van der Waals surface area contributed by atoms with Crippen molar-refractivity contribution < 1.29 is 23.7 Å². The Hall–Kier alpha value is -3.23. The van der Waals surface area contributed by atoms with Crippen LogP contribution < -0.4 is 19.5 Å². The molecule has 9 nitrogen and oxygen atoms in total. The van der Waals surface area contributed by atoms with Crippen molar-refractivity contribution in [3.63, 3.8) is 0 Å². The highest BCUT2D eigenvalue weighted by molar-refractivity contribution is 5.92. The van der Waals surface area contributed by atoms with E-state index in [2.05, 4.69) is 15.4 Å². The summed E-state index contributed by atoms with van der Waals surface area (Å²) in [4.78, 5) is 17.6. The van der Waals surface area contributed by atoms with Crippen LogP contribution in [0, 0.1) is 0 Å². The van der Waals surface area contributed by atoms with Crippen molar-refractivity contribution in [2.45, 2.75) is 51.2 Å². The van der Waals surface area contributed by atoms with E-state index in [-0.39, 0.29) is 12.1 Å². The third-order valence-corrected chi connectivity index (χ3v) is 5.84. The van der Waals surface area contributed by atoms with Crippen molar-refractivity contribution in [2.75, 3.05) is 26.6 Å². The Bertz CT molecular complexity index is 969. The predicted molar refractivity (Wildman–Crippen MR) is 114 cm³/mol. The van der Waals surface area contributed by atoms with Gasteiger partial charge in [-0.25, -0.2) is 9.48 Å². The van der Waals surface area contributed by atoms with E-state index >= 15 is 0 Å². The van der Waals surface area contributed by atoms with Gasteiger partial charge in [0.25, 0.3) is 0 Å². The Kier molecular flexibility index (Phi) is 6.01. The molecule has 166 valence electrons. The summed E-state index contributed by atoms with van der Waals surface area (Å²) in [5.41, 5.74) is 1.91. The number of nitrogens with one attached hydrogen (secondary N) is 1. The fourth-order valence-electron chi connectivity index (χ4n) is 4.32. The molecule has 1 aromatic heterocycles. The highest BCUT2D eigenvalue weighted by Crippen LogP contribution is 2.44. The zero-order chi connectivity index (χ0) is 22.0. The summed E-state index contributed by atoms with van der Waals surface area (Å²) in [6.07, 6.45) is 6.54. The third kappa shape index (κ3) is 3.92. The minimum absolute atomic E-state index is 0.0562. The topological polar surface area (TPSA) is 96.7 Å². The number of benzene rings is 1. The minimum atomic E-state index is -0.552. The van der Waals surface area contributed by atoms with Crippen molar-refractivity contribution in [2.24, 2.45) is 0 Å². The van der Waals surface area contributed by atoms with Gasteiger partial charge in [0.2, 0.25) is 11.7 Å². The molecule has 0 bridgehead atoms. The van der Waals surface area contributed by atoms with Gasteiger partial charge in [0, 0.05) is 5.70 Å². The van der Waals surface area contributed by atoms with E-state index in [9.17, 15) is 4.79 Å². The maximum Gasteiger partial charge on any atom is 0.338 e. The van der Waals surface area contributed by atoms with E-state index in [1.807, 2.05) is 19.1 Å². The van der Waals surface area contributed by atoms with Crippen LogP contribution in [-0.2, 0) is 9.53 Å². The number of fused-ring (bicyclic) bond motifs is 1. The lowest BCUT2D eigenvalue weighted by molar-refractivity contribution is -0.146. The fraction of sp³-hybridized carbons (Fsp3) is 0.500. The highest BCUT2D eigenvalue weighted by Gasteiger charge is 2.36. The molecule has 0 saturated heterocycles. The number of esters is 1. The largest absolute Gasteiger partial charge is 0.493 e. The second-order valence-electron chi connectivity index (χ2n) is 7.72. The SMILES string of the molecule is COc1cc([C@@H]2C(C(=O)OC3CCCCC3)=C(C)Nc3ncnn32)cc(OC)c1OC. The van der Waals surface area contributed by atoms with Gasteiger partial charge in [-0.05, 0) is 50.3 Å². The Morgan fingerprint density at radius 1 is 1.06 bits per heavy atom. The number of carbonyl (C=O) groups is 1. The van der Waals surface area contributed by atoms with Crippen LogP contribution in [-0.4, -0.2) is 48.2 Å². The van der Waals surface area contributed by atoms with Crippen LogP contribution in [0.4, 0.5) is 5.95 Å². The van der Waals surface area contributed by atoms with E-state index in [1.165, 1.54) is 12.7 Å². The number of rotatable bonds is 6. The molecule has 31 heavy (non-hydrogen) atoms. The molecule has 1 fully saturated rings. The smallest absolute Gasteiger partial charge is 0.338 e. The van der Waals surface area contributed by atoms with Crippen molar-refractivity contribution in [1.82, 2.24) is 14.8 Å². The summed E-state index contributed by atoms with van der Waals surface area (Å²) in [7, 11) is 4.67. The molecule has 1 aromatic carbocycles. The number of methoxy groups -OCH3 is 3. The molecule has 0 spiro atoms. The fourth-order valence-corrected chi connectivity index (χ4v) is 4.32. The molecule has 2 aliphatic rings. The molecular formula is C22H28N4O5. The number of anilines is 1. The van der Waals surface area contributed by atoms with E-state index < -0.39 is 6.04 Å². The molecule has 1 aliphatic heterocycles. The molecule has 0 radical (unpaired) electrons. The number of hydrogen-bond donors (Lipinski definition) is 1. The summed E-state index contributed by atoms with van der Waals surface area (Å²) in [5.74, 6) is 1.67. The molecule has 0 amide bonds. The summed E-state index contributed by atoms with van der Waals surface area (Å²) < 4.78 is 24.1. The molecule has 4 rings (SSSR count). The van der Waals surface area contributed by atoms with Gasteiger partial charge in [0.1, 0.15) is 18.5 Å². The molecule has 2 heterocycles. The van der Waals surface area contributed by atoms with Gasteiger partial charge < -0.3 is 24.3 Å². The molecule has 9 heteroatoms. The van der Waals surface area contributed by atoms with Crippen molar-refractivity contribution in [1.29, 1.82) is 0 Å². The highest BCUT2D eigenvalue weighted by atomic mass is 16.5. The van der Waals surface area contributed by atoms with Crippen molar-refractivity contribution >= 4 is 11.9 Å². The first-order valence-corrected chi connectivity index (χ1v) is 10.5. The molecule has 2 aromatic rings. The van der Waals surface area contributed by atoms with Crippen LogP contribution in [0.25, 0.3) is 0 Å². The van der Waals surface area contributed by atoms with E-state index in [0.29, 0.717) is 34.5 Å². The lowest BCUT2D eigenvalue weighted by Gasteiger charge is -2.30. The third-order valence-electron chi connectivity index (χ3n) is 5.84. The van der Waals surface area contributed by atoms with Gasteiger partial charge in [0.05, 0.1) is 26.9 Å². The quantitative estimate of drug-likeness (QED) is 0.699. The first-order chi connectivity index (χ1) is 15.1. The summed E-state index contributed by atoms with van der Waals surface area (Å²) in [5, 5.41) is 7.54. The van der Waals surface area contributed by atoms with Crippen molar-refractivity contribution in [3.05, 3.63) is 35.3 Å². The molecule has 1 atom stereocenters. The first kappa shape index (κ1) is 21.0. The first-order valence-electron chi connectivity index (χ1n) is 10.5. The maximum atomic E-state index is 13.4. The lowest BCUT2D eigenvalue weighted by Crippen LogP contribution is -2.32. The van der Waals surface area contributed by atoms with E-state index in [1.54, 1.807) is 26.0 Å². The zero-order valence-electron chi connectivity index (χ0n) is 18.3. The van der Waals surface area contributed by atoms with Crippen LogP contribution in [0.15, 0.2) is 29.7 Å². The number of allylic oxidation sites excluding steroid dienone is 1. The average molecular weight is 428 g/mol.